The van der Waals surface area contributed by atoms with Crippen molar-refractivity contribution in [3.63, 3.8) is 0 Å². The number of hydrogen-bond acceptors (Lipinski definition) is 7. The average molecular weight is 390 g/mol. The number of fused-ring (bicyclic) bond motifs is 1. The quantitative estimate of drug-likeness (QED) is 0.269. The van der Waals surface area contributed by atoms with Gasteiger partial charge in [0.2, 0.25) is 0 Å². The van der Waals surface area contributed by atoms with E-state index >= 15 is 0 Å². The average Bonchev–Trinajstić information content (AvgIpc) is 2.67. The number of hydrogen-bond donors (Lipinski definition) is 2. The second-order valence-corrected chi connectivity index (χ2v) is 5.88. The summed E-state index contributed by atoms with van der Waals surface area (Å²) in [4.78, 5) is 15.1. The van der Waals surface area contributed by atoms with Gasteiger partial charge in [0.1, 0.15) is 24.2 Å². The third kappa shape index (κ3) is 3.95. The molecule has 0 aliphatic heterocycles. The van der Waals surface area contributed by atoms with Crippen LogP contribution in [0.3, 0.4) is 0 Å². The predicted molar refractivity (Wildman–Crippen MR) is 103 cm³/mol. The van der Waals surface area contributed by atoms with Crippen LogP contribution in [0.1, 0.15) is 0 Å². The summed E-state index contributed by atoms with van der Waals surface area (Å²) in [6, 6.07) is 9.46. The molecule has 1 aromatic heterocycles. The smallest absolute Gasteiger partial charge is 0.311 e. The Balaban J connectivity index is 2.16. The molecule has 9 heteroatoms. The summed E-state index contributed by atoms with van der Waals surface area (Å²) < 4.78 is 10.9. The first-order chi connectivity index (χ1) is 13.0. The van der Waals surface area contributed by atoms with Gasteiger partial charge in [0.15, 0.2) is 11.5 Å². The number of aromatic hydroxyl groups is 1. The number of ether oxygens (including phenoxy) is 2. The van der Waals surface area contributed by atoms with Crippen LogP contribution in [0.2, 0.25) is 0 Å². The fraction of sp³-hybridized carbons (Fsp3) is 0.167. The van der Waals surface area contributed by atoms with Crippen molar-refractivity contribution in [1.29, 1.82) is 0 Å². The van der Waals surface area contributed by atoms with Crippen molar-refractivity contribution in [2.45, 2.75) is 0 Å². The molecule has 0 aliphatic rings. The van der Waals surface area contributed by atoms with Crippen molar-refractivity contribution < 1.29 is 19.5 Å². The van der Waals surface area contributed by atoms with E-state index < -0.39 is 4.92 Å². The predicted octanol–water partition coefficient (Wildman–Crippen LogP) is 4.22. The van der Waals surface area contributed by atoms with Crippen molar-refractivity contribution in [2.24, 2.45) is 0 Å². The molecule has 0 saturated heterocycles. The Bertz CT molecular complexity index is 979. The molecule has 0 saturated carbocycles. The van der Waals surface area contributed by atoms with Gasteiger partial charge in [0, 0.05) is 17.1 Å². The third-order valence-corrected chi connectivity index (χ3v) is 3.96. The molecule has 0 bridgehead atoms. The van der Waals surface area contributed by atoms with Gasteiger partial charge in [-0.15, -0.1) is 11.6 Å². The Morgan fingerprint density at radius 1 is 1.26 bits per heavy atom. The molecule has 0 fully saturated rings. The number of halogens is 1. The van der Waals surface area contributed by atoms with Crippen molar-refractivity contribution in [2.75, 3.05) is 24.9 Å². The zero-order valence-corrected chi connectivity index (χ0v) is 15.1. The molecule has 8 nitrogen and oxygen atoms in total. The normalized spacial score (nSPS) is 10.6. The van der Waals surface area contributed by atoms with E-state index in [2.05, 4.69) is 10.3 Å². The molecule has 0 amide bonds. The fourth-order valence-corrected chi connectivity index (χ4v) is 2.65. The second-order valence-electron chi connectivity index (χ2n) is 5.51. The number of methoxy groups -OCH3 is 1. The van der Waals surface area contributed by atoms with Gasteiger partial charge < -0.3 is 19.9 Å². The molecule has 0 aliphatic carbocycles. The highest BCUT2D eigenvalue weighted by atomic mass is 35.5. The number of anilines is 2. The number of rotatable bonds is 7. The van der Waals surface area contributed by atoms with Gasteiger partial charge in [-0.05, 0) is 30.3 Å². The molecule has 2 N–H and O–H groups in total. The van der Waals surface area contributed by atoms with Crippen LogP contribution in [-0.4, -0.2) is 34.6 Å². The third-order valence-electron chi connectivity index (χ3n) is 3.80. The summed E-state index contributed by atoms with van der Waals surface area (Å²) in [6.45, 7) is 0.287. The van der Waals surface area contributed by atoms with Crippen LogP contribution < -0.4 is 14.8 Å². The van der Waals surface area contributed by atoms with Crippen LogP contribution >= 0.6 is 11.6 Å². The Morgan fingerprint density at radius 2 is 2.00 bits per heavy atom. The van der Waals surface area contributed by atoms with Crippen molar-refractivity contribution in [1.82, 2.24) is 4.98 Å². The van der Waals surface area contributed by atoms with Crippen LogP contribution in [0.4, 0.5) is 17.1 Å². The molecular weight excluding hydrogens is 374 g/mol. The highest BCUT2D eigenvalue weighted by Gasteiger charge is 2.20. The fourth-order valence-electron chi connectivity index (χ4n) is 2.57. The van der Waals surface area contributed by atoms with Crippen molar-refractivity contribution >= 4 is 39.6 Å². The van der Waals surface area contributed by atoms with Crippen molar-refractivity contribution in [3.8, 4) is 17.2 Å². The molecule has 140 valence electrons. The summed E-state index contributed by atoms with van der Waals surface area (Å²) in [5, 5.41) is 24.4. The molecule has 0 spiro atoms. The van der Waals surface area contributed by atoms with E-state index in [1.165, 1.54) is 25.4 Å². The molecule has 1 heterocycles. The Morgan fingerprint density at radius 3 is 2.63 bits per heavy atom. The van der Waals surface area contributed by atoms with Crippen LogP contribution in [-0.2, 0) is 0 Å². The lowest BCUT2D eigenvalue weighted by molar-refractivity contribution is -0.384. The first kappa shape index (κ1) is 18.5. The Kier molecular flexibility index (Phi) is 5.46. The monoisotopic (exact) mass is 389 g/mol. The van der Waals surface area contributed by atoms with E-state index in [-0.39, 0.29) is 23.7 Å². The van der Waals surface area contributed by atoms with Gasteiger partial charge in [-0.3, -0.25) is 10.1 Å². The number of nitrogens with zero attached hydrogens (tertiary/aromatic N) is 2. The second kappa shape index (κ2) is 7.96. The van der Waals surface area contributed by atoms with Gasteiger partial charge in [0.25, 0.3) is 0 Å². The highest BCUT2D eigenvalue weighted by Crippen LogP contribution is 2.39. The molecule has 2 aromatic carbocycles. The van der Waals surface area contributed by atoms with Gasteiger partial charge in [0.05, 0.1) is 23.4 Å². The maximum absolute atomic E-state index is 11.5. The topological polar surface area (TPSA) is 107 Å². The summed E-state index contributed by atoms with van der Waals surface area (Å²) in [5.41, 5.74) is 1.14. The van der Waals surface area contributed by atoms with Crippen LogP contribution in [0, 0.1) is 10.1 Å². The molecule has 3 rings (SSSR count). The van der Waals surface area contributed by atoms with Gasteiger partial charge >= 0.3 is 5.69 Å². The van der Waals surface area contributed by atoms with E-state index in [4.69, 9.17) is 21.1 Å². The number of phenolic OH excluding ortho intramolecular Hbond substituents is 1. The number of nitrogens with one attached hydrogen (secondary N) is 1. The Labute approximate surface area is 159 Å². The van der Waals surface area contributed by atoms with E-state index in [0.717, 1.165) is 0 Å². The summed E-state index contributed by atoms with van der Waals surface area (Å²) in [7, 11) is 1.48. The minimum atomic E-state index is -0.514. The first-order valence-electron chi connectivity index (χ1n) is 7.93. The SMILES string of the molecule is COc1cc2c(Nc3ccc(O)cc3)c([N+](=O)[O-])cnc2cc1OCCCl. The Hall–Kier alpha value is -3.26. The van der Waals surface area contributed by atoms with E-state index in [1.54, 1.807) is 24.3 Å². The summed E-state index contributed by atoms with van der Waals surface area (Å²) >= 11 is 5.66. The number of aromatic nitrogens is 1. The first-order valence-corrected chi connectivity index (χ1v) is 8.47. The van der Waals surface area contributed by atoms with Gasteiger partial charge in [-0.25, -0.2) is 4.98 Å². The maximum atomic E-state index is 11.5. The van der Waals surface area contributed by atoms with E-state index in [0.29, 0.717) is 34.0 Å². The maximum Gasteiger partial charge on any atom is 0.311 e. The number of phenols is 1. The standard InChI is InChI=1S/C18H16ClN3O5/c1-26-16-8-13-14(9-17(16)27-7-6-19)20-10-15(22(24)25)18(13)21-11-2-4-12(23)5-3-11/h2-5,8-10,23H,6-7H2,1H3,(H,20,21). The molecule has 0 atom stereocenters. The lowest BCUT2D eigenvalue weighted by Gasteiger charge is -2.14. The van der Waals surface area contributed by atoms with E-state index in [9.17, 15) is 15.2 Å². The molecule has 0 unspecified atom stereocenters. The zero-order chi connectivity index (χ0) is 19.4. The number of alkyl halides is 1. The van der Waals surface area contributed by atoms with Crippen LogP contribution in [0.5, 0.6) is 17.2 Å². The lowest BCUT2D eigenvalue weighted by Crippen LogP contribution is -2.02. The highest BCUT2D eigenvalue weighted by molar-refractivity contribution is 6.18. The van der Waals surface area contributed by atoms with Gasteiger partial charge in [-0.2, -0.15) is 0 Å². The van der Waals surface area contributed by atoms with Crippen LogP contribution in [0.15, 0.2) is 42.6 Å². The molecular formula is C18H16ClN3O5. The summed E-state index contributed by atoms with van der Waals surface area (Å²) in [6.07, 6.45) is 1.18. The minimum absolute atomic E-state index is 0.0948. The molecule has 0 radical (unpaired) electrons. The lowest BCUT2D eigenvalue weighted by atomic mass is 10.1. The summed E-state index contributed by atoms with van der Waals surface area (Å²) in [5.74, 6) is 1.26. The van der Waals surface area contributed by atoms with Crippen molar-refractivity contribution in [3.05, 3.63) is 52.7 Å². The molecule has 3 aromatic rings. The minimum Gasteiger partial charge on any atom is -0.508 e. The number of nitro groups is 1. The van der Waals surface area contributed by atoms with E-state index in [1.807, 2.05) is 0 Å². The molecule has 27 heavy (non-hydrogen) atoms. The number of benzene rings is 2. The number of pyridine rings is 1. The van der Waals surface area contributed by atoms with Gasteiger partial charge in [-0.1, -0.05) is 0 Å². The van der Waals surface area contributed by atoms with Crippen LogP contribution in [0.25, 0.3) is 10.9 Å². The zero-order valence-electron chi connectivity index (χ0n) is 14.3. The largest absolute Gasteiger partial charge is 0.508 e.